The second kappa shape index (κ2) is 3.61. The van der Waals surface area contributed by atoms with Gasteiger partial charge in [-0.25, -0.2) is 0 Å². The Morgan fingerprint density at radius 2 is 2.43 bits per heavy atom. The molecule has 0 aromatic heterocycles. The van der Waals surface area contributed by atoms with Crippen LogP contribution in [0.15, 0.2) is 0 Å². The normalized spacial score (nSPS) is 8.29. The van der Waals surface area contributed by atoms with Gasteiger partial charge in [0.15, 0.2) is 0 Å². The third-order valence-corrected chi connectivity index (χ3v) is 0.499. The summed E-state index contributed by atoms with van der Waals surface area (Å²) in [7, 11) is 0. The lowest BCUT2D eigenvalue weighted by Gasteiger charge is -1.93. The van der Waals surface area contributed by atoms with Gasteiger partial charge in [-0.15, -0.1) is 0 Å². The molecule has 0 atom stereocenters. The van der Waals surface area contributed by atoms with Crippen molar-refractivity contribution in [2.45, 2.75) is 6.92 Å². The fraction of sp³-hybridized carbons (Fsp3) is 0.750. The highest BCUT2D eigenvalue weighted by Crippen LogP contribution is 1.55. The minimum atomic E-state index is -0.0627. The molecule has 0 saturated carbocycles. The van der Waals surface area contributed by atoms with Crippen LogP contribution in [-0.4, -0.2) is 19.0 Å². The van der Waals surface area contributed by atoms with Crippen LogP contribution in [-0.2, 0) is 4.79 Å². The highest BCUT2D eigenvalue weighted by atomic mass is 16.1. The second-order valence-electron chi connectivity index (χ2n) is 1.23. The Morgan fingerprint density at radius 3 is 2.57 bits per heavy atom. The van der Waals surface area contributed by atoms with Gasteiger partial charge < -0.3 is 5.32 Å². The van der Waals surface area contributed by atoms with Crippen LogP contribution < -0.4 is 11.1 Å². The van der Waals surface area contributed by atoms with E-state index in [1.807, 2.05) is 0 Å². The molecule has 3 nitrogen and oxygen atoms in total. The molecule has 0 unspecified atom stereocenters. The second-order valence-corrected chi connectivity index (χ2v) is 1.23. The summed E-state index contributed by atoms with van der Waals surface area (Å²) < 4.78 is 0. The number of carbonyl (C=O) groups is 1. The van der Waals surface area contributed by atoms with E-state index in [4.69, 9.17) is 5.73 Å². The Bertz CT molecular complexity index is 62.7. The standard InChI is InChI=1S/C4H9N2O/c1-4(7)6-3-2-5/h5H,2-3H2,1H3,(H,6,7). The SMILES string of the molecule is CC(=O)NCC[NH]. The van der Waals surface area contributed by atoms with Gasteiger partial charge in [-0.1, -0.05) is 0 Å². The summed E-state index contributed by atoms with van der Waals surface area (Å²) in [6.07, 6.45) is 0. The van der Waals surface area contributed by atoms with Crippen LogP contribution in [0.3, 0.4) is 0 Å². The van der Waals surface area contributed by atoms with Gasteiger partial charge in [0.25, 0.3) is 0 Å². The Labute approximate surface area is 42.9 Å². The fourth-order valence-electron chi connectivity index (χ4n) is 0.239. The lowest BCUT2D eigenvalue weighted by atomic mass is 10.6. The van der Waals surface area contributed by atoms with Crippen LogP contribution in [0.1, 0.15) is 6.92 Å². The summed E-state index contributed by atoms with van der Waals surface area (Å²) in [4.78, 5) is 10.0. The molecule has 41 valence electrons. The summed E-state index contributed by atoms with van der Waals surface area (Å²) in [6, 6.07) is 0. The van der Waals surface area contributed by atoms with Gasteiger partial charge in [0.05, 0.1) is 0 Å². The van der Waals surface area contributed by atoms with Crippen LogP contribution in [0.4, 0.5) is 0 Å². The lowest BCUT2D eigenvalue weighted by molar-refractivity contribution is -0.118. The maximum atomic E-state index is 10.0. The third-order valence-electron chi connectivity index (χ3n) is 0.499. The van der Waals surface area contributed by atoms with Gasteiger partial charge in [-0.2, -0.15) is 0 Å². The van der Waals surface area contributed by atoms with E-state index in [0.29, 0.717) is 6.54 Å². The highest BCUT2D eigenvalue weighted by molar-refractivity contribution is 5.72. The molecule has 1 radical (unpaired) electrons. The predicted octanol–water partition coefficient (Wildman–Crippen LogP) is -0.595. The molecule has 0 aliphatic heterocycles. The molecular formula is C4H9N2O. The number of carbonyl (C=O) groups excluding carboxylic acids is 1. The number of nitrogens with one attached hydrogen (secondary N) is 2. The van der Waals surface area contributed by atoms with Crippen molar-refractivity contribution in [2.75, 3.05) is 13.1 Å². The Hall–Kier alpha value is -0.570. The molecule has 0 aromatic carbocycles. The van der Waals surface area contributed by atoms with E-state index in [1.54, 1.807) is 0 Å². The maximum Gasteiger partial charge on any atom is 0.216 e. The quantitative estimate of drug-likeness (QED) is 0.496. The monoisotopic (exact) mass is 101 g/mol. The number of hydrogen-bond acceptors (Lipinski definition) is 1. The van der Waals surface area contributed by atoms with Crippen molar-refractivity contribution in [3.63, 3.8) is 0 Å². The van der Waals surface area contributed by atoms with E-state index in [9.17, 15) is 4.79 Å². The number of hydrogen-bond donors (Lipinski definition) is 1. The minimum Gasteiger partial charge on any atom is -0.355 e. The van der Waals surface area contributed by atoms with E-state index in [2.05, 4.69) is 5.32 Å². The molecular weight excluding hydrogens is 92.1 g/mol. The van der Waals surface area contributed by atoms with Crippen molar-refractivity contribution in [3.8, 4) is 0 Å². The third kappa shape index (κ3) is 5.43. The molecule has 0 bridgehead atoms. The van der Waals surface area contributed by atoms with Crippen molar-refractivity contribution in [2.24, 2.45) is 0 Å². The molecule has 0 aromatic rings. The number of amides is 1. The van der Waals surface area contributed by atoms with Crippen molar-refractivity contribution in [3.05, 3.63) is 0 Å². The first-order chi connectivity index (χ1) is 3.27. The smallest absolute Gasteiger partial charge is 0.216 e. The Kier molecular flexibility index (Phi) is 3.32. The molecule has 7 heavy (non-hydrogen) atoms. The first kappa shape index (κ1) is 6.43. The summed E-state index contributed by atoms with van der Waals surface area (Å²) in [5.41, 5.74) is 6.58. The summed E-state index contributed by atoms with van der Waals surface area (Å²) in [6.45, 7) is 2.17. The molecule has 0 fully saturated rings. The first-order valence-electron chi connectivity index (χ1n) is 2.16. The largest absolute Gasteiger partial charge is 0.355 e. The highest BCUT2D eigenvalue weighted by Gasteiger charge is 1.83. The van der Waals surface area contributed by atoms with Crippen LogP contribution >= 0.6 is 0 Å². The Morgan fingerprint density at radius 1 is 1.86 bits per heavy atom. The summed E-state index contributed by atoms with van der Waals surface area (Å²) >= 11 is 0. The summed E-state index contributed by atoms with van der Waals surface area (Å²) in [5, 5.41) is 2.47. The molecule has 3 heteroatoms. The zero-order valence-corrected chi connectivity index (χ0v) is 4.32. The van der Waals surface area contributed by atoms with E-state index in [-0.39, 0.29) is 12.5 Å². The molecule has 0 saturated heterocycles. The molecule has 0 aliphatic carbocycles. The number of rotatable bonds is 2. The maximum absolute atomic E-state index is 10.0. The molecule has 2 N–H and O–H groups in total. The van der Waals surface area contributed by atoms with Gasteiger partial charge in [0.2, 0.25) is 5.91 Å². The van der Waals surface area contributed by atoms with Crippen molar-refractivity contribution < 1.29 is 4.79 Å². The lowest BCUT2D eigenvalue weighted by Crippen LogP contribution is -2.23. The van der Waals surface area contributed by atoms with Crippen LogP contribution in [0.5, 0.6) is 0 Å². The van der Waals surface area contributed by atoms with E-state index in [0.717, 1.165) is 0 Å². The van der Waals surface area contributed by atoms with Gasteiger partial charge in [0.1, 0.15) is 0 Å². The molecule has 0 rings (SSSR count). The zero-order valence-electron chi connectivity index (χ0n) is 4.32. The van der Waals surface area contributed by atoms with Crippen LogP contribution in [0, 0.1) is 0 Å². The molecule has 0 aliphatic rings. The average molecular weight is 101 g/mol. The minimum absolute atomic E-state index is 0.0627. The van der Waals surface area contributed by atoms with Crippen LogP contribution in [0.2, 0.25) is 0 Å². The van der Waals surface area contributed by atoms with Gasteiger partial charge in [-0.05, 0) is 0 Å². The molecule has 0 heterocycles. The zero-order chi connectivity index (χ0) is 5.70. The summed E-state index contributed by atoms with van der Waals surface area (Å²) in [5.74, 6) is -0.0627. The van der Waals surface area contributed by atoms with Crippen LogP contribution in [0.25, 0.3) is 0 Å². The average Bonchev–Trinajstić information content (AvgIpc) is 1.61. The van der Waals surface area contributed by atoms with Crippen molar-refractivity contribution >= 4 is 5.91 Å². The molecule has 1 amide bonds. The first-order valence-corrected chi connectivity index (χ1v) is 2.16. The fourth-order valence-corrected chi connectivity index (χ4v) is 0.239. The van der Waals surface area contributed by atoms with Crippen molar-refractivity contribution in [1.82, 2.24) is 11.1 Å². The van der Waals surface area contributed by atoms with E-state index >= 15 is 0 Å². The van der Waals surface area contributed by atoms with Gasteiger partial charge in [-0.3, -0.25) is 10.5 Å². The van der Waals surface area contributed by atoms with E-state index in [1.165, 1.54) is 6.92 Å². The topological polar surface area (TPSA) is 52.9 Å². The van der Waals surface area contributed by atoms with Gasteiger partial charge >= 0.3 is 0 Å². The molecule has 0 spiro atoms. The predicted molar refractivity (Wildman–Crippen MR) is 26.6 cm³/mol. The van der Waals surface area contributed by atoms with Crippen molar-refractivity contribution in [1.29, 1.82) is 0 Å². The van der Waals surface area contributed by atoms with E-state index < -0.39 is 0 Å². The Balaban J connectivity index is 2.82. The van der Waals surface area contributed by atoms with Gasteiger partial charge in [0, 0.05) is 20.0 Å².